The van der Waals surface area contributed by atoms with Gasteiger partial charge in [-0.25, -0.2) is 4.79 Å². The SMILES string of the molecule is COC(=O)C=Cc1ccc(OS(=O)(=O)c2ccc(Cl)cc2)c(OC)c1. The number of halogens is 1. The van der Waals surface area contributed by atoms with Crippen LogP contribution in [0.3, 0.4) is 0 Å². The lowest BCUT2D eigenvalue weighted by molar-refractivity contribution is -0.134. The molecule has 0 radical (unpaired) electrons. The predicted octanol–water partition coefficient (Wildman–Crippen LogP) is 3.30. The van der Waals surface area contributed by atoms with Crippen molar-refractivity contribution >= 4 is 33.8 Å². The molecule has 0 aromatic heterocycles. The van der Waals surface area contributed by atoms with Crippen molar-refractivity contribution in [3.05, 3.63) is 59.1 Å². The number of esters is 1. The van der Waals surface area contributed by atoms with E-state index in [1.807, 2.05) is 0 Å². The summed E-state index contributed by atoms with van der Waals surface area (Å²) >= 11 is 5.75. The Kier molecular flexibility index (Phi) is 6.06. The van der Waals surface area contributed by atoms with Crippen LogP contribution in [0.5, 0.6) is 11.5 Å². The van der Waals surface area contributed by atoms with E-state index in [0.717, 1.165) is 0 Å². The fourth-order valence-corrected chi connectivity index (χ4v) is 2.92. The first-order valence-corrected chi connectivity index (χ1v) is 8.78. The zero-order valence-electron chi connectivity index (χ0n) is 13.4. The topological polar surface area (TPSA) is 78.9 Å². The Bertz CT molecular complexity index is 888. The summed E-state index contributed by atoms with van der Waals surface area (Å²) in [5.74, 6) is -0.290. The Balaban J connectivity index is 2.28. The highest BCUT2D eigenvalue weighted by Gasteiger charge is 2.19. The standard InChI is InChI=1S/C17H15ClO6S/c1-22-16-11-12(4-10-17(19)23-2)3-9-15(16)24-25(20,21)14-7-5-13(18)6-8-14/h3-11H,1-2H3. The number of benzene rings is 2. The second-order valence-corrected chi connectivity index (χ2v) is 6.74. The van der Waals surface area contributed by atoms with Crippen LogP contribution < -0.4 is 8.92 Å². The van der Waals surface area contributed by atoms with Crippen LogP contribution >= 0.6 is 11.6 Å². The third-order valence-corrected chi connectivity index (χ3v) is 4.60. The van der Waals surface area contributed by atoms with E-state index in [2.05, 4.69) is 4.74 Å². The molecule has 0 heterocycles. The van der Waals surface area contributed by atoms with Crippen molar-refractivity contribution in [2.45, 2.75) is 4.90 Å². The molecule has 0 fully saturated rings. The number of hydrogen-bond donors (Lipinski definition) is 0. The van der Waals surface area contributed by atoms with E-state index in [1.165, 1.54) is 62.8 Å². The van der Waals surface area contributed by atoms with Crippen LogP contribution in [0.1, 0.15) is 5.56 Å². The molecule has 2 aromatic carbocycles. The highest BCUT2D eigenvalue weighted by Crippen LogP contribution is 2.31. The number of carbonyl (C=O) groups excluding carboxylic acids is 1. The van der Waals surface area contributed by atoms with Gasteiger partial charge in [0, 0.05) is 11.1 Å². The molecular weight excluding hydrogens is 368 g/mol. The van der Waals surface area contributed by atoms with Crippen LogP contribution in [-0.2, 0) is 19.6 Å². The number of carbonyl (C=O) groups is 1. The largest absolute Gasteiger partial charge is 0.493 e. The van der Waals surface area contributed by atoms with Crippen molar-refractivity contribution in [3.63, 3.8) is 0 Å². The van der Waals surface area contributed by atoms with Gasteiger partial charge in [-0.15, -0.1) is 0 Å². The van der Waals surface area contributed by atoms with Crippen LogP contribution in [0, 0.1) is 0 Å². The van der Waals surface area contributed by atoms with Crippen molar-refractivity contribution in [1.29, 1.82) is 0 Å². The molecule has 8 heteroatoms. The fourth-order valence-electron chi connectivity index (χ4n) is 1.86. The molecule has 0 atom stereocenters. The molecule has 6 nitrogen and oxygen atoms in total. The van der Waals surface area contributed by atoms with Crippen LogP contribution in [-0.4, -0.2) is 28.6 Å². The zero-order chi connectivity index (χ0) is 18.4. The van der Waals surface area contributed by atoms with Crippen molar-refractivity contribution < 1.29 is 26.9 Å². The quantitative estimate of drug-likeness (QED) is 0.433. The first-order chi connectivity index (χ1) is 11.9. The molecule has 0 aliphatic carbocycles. The van der Waals surface area contributed by atoms with E-state index in [0.29, 0.717) is 10.6 Å². The summed E-state index contributed by atoms with van der Waals surface area (Å²) < 4.78 is 39.5. The smallest absolute Gasteiger partial charge is 0.339 e. The maximum atomic E-state index is 12.3. The molecule has 2 rings (SSSR count). The van der Waals surface area contributed by atoms with Crippen LogP contribution in [0.4, 0.5) is 0 Å². The first kappa shape index (κ1) is 18.8. The van der Waals surface area contributed by atoms with E-state index < -0.39 is 16.1 Å². The molecule has 0 bridgehead atoms. The first-order valence-electron chi connectivity index (χ1n) is 7.00. The average molecular weight is 383 g/mol. The van der Waals surface area contributed by atoms with Gasteiger partial charge >= 0.3 is 16.1 Å². The van der Waals surface area contributed by atoms with Gasteiger partial charge in [-0.3, -0.25) is 0 Å². The number of hydrogen-bond acceptors (Lipinski definition) is 6. The molecule has 132 valence electrons. The normalized spacial score (nSPS) is 11.3. The van der Waals surface area contributed by atoms with Crippen LogP contribution in [0.15, 0.2) is 53.4 Å². The zero-order valence-corrected chi connectivity index (χ0v) is 15.0. The maximum absolute atomic E-state index is 12.3. The minimum absolute atomic E-state index is 0.0210. The van der Waals surface area contributed by atoms with Crippen molar-refractivity contribution in [1.82, 2.24) is 0 Å². The lowest BCUT2D eigenvalue weighted by Gasteiger charge is -2.11. The van der Waals surface area contributed by atoms with Gasteiger partial charge in [-0.05, 0) is 48.0 Å². The highest BCUT2D eigenvalue weighted by atomic mass is 35.5. The van der Waals surface area contributed by atoms with Gasteiger partial charge in [0.2, 0.25) is 0 Å². The molecule has 0 spiro atoms. The molecule has 2 aromatic rings. The maximum Gasteiger partial charge on any atom is 0.339 e. The van der Waals surface area contributed by atoms with E-state index in [1.54, 1.807) is 6.07 Å². The highest BCUT2D eigenvalue weighted by molar-refractivity contribution is 7.87. The minimum Gasteiger partial charge on any atom is -0.493 e. The number of methoxy groups -OCH3 is 2. The molecule has 0 amide bonds. The monoisotopic (exact) mass is 382 g/mol. The third kappa shape index (κ3) is 4.98. The van der Waals surface area contributed by atoms with Crippen molar-refractivity contribution in [3.8, 4) is 11.5 Å². The molecular formula is C17H15ClO6S. The second kappa shape index (κ2) is 8.04. The third-order valence-electron chi connectivity index (χ3n) is 3.10. The minimum atomic E-state index is -4.04. The van der Waals surface area contributed by atoms with E-state index in [9.17, 15) is 13.2 Å². The summed E-state index contributed by atoms with van der Waals surface area (Å²) in [7, 11) is -1.39. The van der Waals surface area contributed by atoms with Gasteiger partial charge in [0.25, 0.3) is 0 Å². The van der Waals surface area contributed by atoms with Crippen molar-refractivity contribution in [2.75, 3.05) is 14.2 Å². The second-order valence-electron chi connectivity index (χ2n) is 4.76. The van der Waals surface area contributed by atoms with Crippen LogP contribution in [0.25, 0.3) is 6.08 Å². The molecule has 0 N–H and O–H groups in total. The lowest BCUT2D eigenvalue weighted by Crippen LogP contribution is -2.10. The van der Waals surface area contributed by atoms with Crippen molar-refractivity contribution in [2.24, 2.45) is 0 Å². The Morgan fingerprint density at radius 3 is 2.32 bits per heavy atom. The Morgan fingerprint density at radius 2 is 1.72 bits per heavy atom. The van der Waals surface area contributed by atoms with E-state index in [-0.39, 0.29) is 16.4 Å². The van der Waals surface area contributed by atoms with Gasteiger partial charge in [-0.2, -0.15) is 8.42 Å². The molecule has 0 saturated carbocycles. The lowest BCUT2D eigenvalue weighted by atomic mass is 10.2. The Labute approximate surface area is 150 Å². The van der Waals surface area contributed by atoms with Crippen LogP contribution in [0.2, 0.25) is 5.02 Å². The predicted molar refractivity (Wildman–Crippen MR) is 93.3 cm³/mol. The summed E-state index contributed by atoms with van der Waals surface area (Å²) in [5, 5.41) is 0.415. The van der Waals surface area contributed by atoms with Gasteiger partial charge in [0.15, 0.2) is 11.5 Å². The fraction of sp³-hybridized carbons (Fsp3) is 0.118. The summed E-state index contributed by atoms with van der Waals surface area (Å²) in [4.78, 5) is 11.1. The van der Waals surface area contributed by atoms with E-state index in [4.69, 9.17) is 20.5 Å². The summed E-state index contributed by atoms with van der Waals surface area (Å²) in [6.07, 6.45) is 2.74. The van der Waals surface area contributed by atoms with Gasteiger partial charge < -0.3 is 13.7 Å². The molecule has 0 aliphatic rings. The van der Waals surface area contributed by atoms with Gasteiger partial charge in [0.05, 0.1) is 14.2 Å². The molecule has 0 saturated heterocycles. The van der Waals surface area contributed by atoms with E-state index >= 15 is 0 Å². The van der Waals surface area contributed by atoms with Gasteiger partial charge in [-0.1, -0.05) is 17.7 Å². The molecule has 0 unspecified atom stereocenters. The Morgan fingerprint density at radius 1 is 1.04 bits per heavy atom. The molecule has 0 aliphatic heterocycles. The number of ether oxygens (including phenoxy) is 2. The molecule has 25 heavy (non-hydrogen) atoms. The summed E-state index contributed by atoms with van der Waals surface area (Å²) in [6.45, 7) is 0. The summed E-state index contributed by atoms with van der Waals surface area (Å²) in [6, 6.07) is 10.1. The Hall–Kier alpha value is -2.51. The average Bonchev–Trinajstić information content (AvgIpc) is 2.60. The summed E-state index contributed by atoms with van der Waals surface area (Å²) in [5.41, 5.74) is 0.610. The number of rotatable bonds is 6. The van der Waals surface area contributed by atoms with Gasteiger partial charge in [0.1, 0.15) is 4.90 Å².